The molecule has 1 aromatic rings. The van der Waals surface area contributed by atoms with Crippen LogP contribution in [0.1, 0.15) is 18.6 Å². The zero-order valence-corrected chi connectivity index (χ0v) is 10.3. The predicted molar refractivity (Wildman–Crippen MR) is 64.7 cm³/mol. The summed E-state index contributed by atoms with van der Waals surface area (Å²) in [7, 11) is 0. The van der Waals surface area contributed by atoms with E-state index in [1.807, 2.05) is 25.1 Å². The van der Waals surface area contributed by atoms with E-state index in [9.17, 15) is 0 Å². The van der Waals surface area contributed by atoms with E-state index in [1.54, 1.807) is 0 Å². The second-order valence-electron chi connectivity index (χ2n) is 4.66. The van der Waals surface area contributed by atoms with Crippen molar-refractivity contribution >= 4 is 0 Å². The van der Waals surface area contributed by atoms with Crippen molar-refractivity contribution in [2.75, 3.05) is 26.4 Å². The summed E-state index contributed by atoms with van der Waals surface area (Å²) in [6.45, 7) is 3.88. The van der Waals surface area contributed by atoms with Crippen molar-refractivity contribution in [1.29, 1.82) is 0 Å². The minimum atomic E-state index is -0.683. The Balaban J connectivity index is 1.81. The van der Waals surface area contributed by atoms with E-state index in [2.05, 4.69) is 0 Å². The highest BCUT2D eigenvalue weighted by molar-refractivity contribution is 5.44. The highest BCUT2D eigenvalue weighted by atomic mass is 16.7. The highest BCUT2D eigenvalue weighted by Gasteiger charge is 2.37. The van der Waals surface area contributed by atoms with Crippen molar-refractivity contribution in [3.63, 3.8) is 0 Å². The third-order valence-electron chi connectivity index (χ3n) is 3.24. The largest absolute Gasteiger partial charge is 0.486 e. The molecular weight excluding hydrogens is 234 g/mol. The molecule has 2 atom stereocenters. The first kappa shape index (κ1) is 11.8. The maximum absolute atomic E-state index is 5.83. The number of fused-ring (bicyclic) bond motifs is 1. The van der Waals surface area contributed by atoms with Gasteiger partial charge in [0.05, 0.1) is 6.61 Å². The van der Waals surface area contributed by atoms with Crippen molar-refractivity contribution in [2.45, 2.75) is 18.8 Å². The molecule has 1 aromatic carbocycles. The van der Waals surface area contributed by atoms with Crippen LogP contribution in [0.25, 0.3) is 0 Å². The lowest BCUT2D eigenvalue weighted by atomic mass is 10.1. The Morgan fingerprint density at radius 1 is 1.28 bits per heavy atom. The van der Waals surface area contributed by atoms with Gasteiger partial charge in [-0.15, -0.1) is 0 Å². The average molecular weight is 251 g/mol. The Labute approximate surface area is 106 Å². The van der Waals surface area contributed by atoms with Crippen molar-refractivity contribution in [2.24, 2.45) is 5.73 Å². The summed E-state index contributed by atoms with van der Waals surface area (Å²) in [5, 5.41) is 0. The third kappa shape index (κ3) is 2.05. The van der Waals surface area contributed by atoms with E-state index in [0.717, 1.165) is 17.1 Å². The van der Waals surface area contributed by atoms with E-state index in [-0.39, 0.29) is 6.10 Å². The summed E-state index contributed by atoms with van der Waals surface area (Å²) in [6, 6.07) is 5.83. The maximum Gasteiger partial charge on any atom is 0.178 e. The molecular formula is C13H17NO4. The van der Waals surface area contributed by atoms with Crippen LogP contribution in [0.15, 0.2) is 18.2 Å². The fourth-order valence-electron chi connectivity index (χ4n) is 2.15. The molecule has 0 saturated carbocycles. The first-order valence-corrected chi connectivity index (χ1v) is 6.11. The number of rotatable bonds is 2. The minimum absolute atomic E-state index is 0.102. The number of ether oxygens (including phenoxy) is 4. The molecule has 2 aliphatic rings. The van der Waals surface area contributed by atoms with E-state index in [1.165, 1.54) is 0 Å². The molecule has 2 unspecified atom stereocenters. The van der Waals surface area contributed by atoms with Gasteiger partial charge >= 0.3 is 0 Å². The van der Waals surface area contributed by atoms with Gasteiger partial charge in [0.2, 0.25) is 0 Å². The van der Waals surface area contributed by atoms with Crippen LogP contribution < -0.4 is 15.2 Å². The lowest BCUT2D eigenvalue weighted by Crippen LogP contribution is -2.35. The molecule has 2 heterocycles. The zero-order chi connectivity index (χ0) is 12.6. The zero-order valence-electron chi connectivity index (χ0n) is 10.3. The molecule has 1 fully saturated rings. The van der Waals surface area contributed by atoms with Gasteiger partial charge in [-0.3, -0.25) is 0 Å². The lowest BCUT2D eigenvalue weighted by molar-refractivity contribution is -0.145. The fraction of sp³-hybridized carbons (Fsp3) is 0.538. The van der Waals surface area contributed by atoms with Crippen molar-refractivity contribution < 1.29 is 18.9 Å². The molecule has 0 spiro atoms. The summed E-state index contributed by atoms with van der Waals surface area (Å²) in [6.07, 6.45) is -0.102. The molecule has 0 aromatic heterocycles. The van der Waals surface area contributed by atoms with Crippen LogP contribution in [0.5, 0.6) is 11.5 Å². The van der Waals surface area contributed by atoms with Gasteiger partial charge in [-0.2, -0.15) is 0 Å². The molecule has 0 aliphatic carbocycles. The van der Waals surface area contributed by atoms with E-state index in [4.69, 9.17) is 24.7 Å². The number of nitrogens with two attached hydrogens (primary N) is 1. The van der Waals surface area contributed by atoms with Gasteiger partial charge in [0.25, 0.3) is 0 Å². The van der Waals surface area contributed by atoms with Gasteiger partial charge in [-0.25, -0.2) is 0 Å². The fourth-order valence-corrected chi connectivity index (χ4v) is 2.15. The van der Waals surface area contributed by atoms with E-state index >= 15 is 0 Å². The van der Waals surface area contributed by atoms with Crippen LogP contribution in [0.2, 0.25) is 0 Å². The monoisotopic (exact) mass is 251 g/mol. The molecule has 0 bridgehead atoms. The second-order valence-corrected chi connectivity index (χ2v) is 4.66. The van der Waals surface area contributed by atoms with Crippen LogP contribution in [-0.4, -0.2) is 32.2 Å². The molecule has 0 radical (unpaired) electrons. The predicted octanol–water partition coefficient (Wildman–Crippen LogP) is 1.22. The molecule has 2 N–H and O–H groups in total. The van der Waals surface area contributed by atoms with Crippen LogP contribution in [-0.2, 0) is 9.47 Å². The van der Waals surface area contributed by atoms with Crippen molar-refractivity contribution in [3.05, 3.63) is 23.8 Å². The van der Waals surface area contributed by atoms with E-state index in [0.29, 0.717) is 26.4 Å². The Kier molecular flexibility index (Phi) is 2.89. The summed E-state index contributed by atoms with van der Waals surface area (Å²) in [4.78, 5) is 0. The van der Waals surface area contributed by atoms with Gasteiger partial charge in [0.1, 0.15) is 19.3 Å². The van der Waals surface area contributed by atoms with Crippen LogP contribution in [0, 0.1) is 0 Å². The normalized spacial score (nSPS) is 30.4. The Hall–Kier alpha value is -1.30. The van der Waals surface area contributed by atoms with Gasteiger partial charge < -0.3 is 24.7 Å². The molecule has 18 heavy (non-hydrogen) atoms. The molecule has 5 nitrogen and oxygen atoms in total. The number of benzene rings is 1. The quantitative estimate of drug-likeness (QED) is 0.856. The van der Waals surface area contributed by atoms with Gasteiger partial charge in [-0.05, 0) is 24.6 Å². The maximum atomic E-state index is 5.83. The second kappa shape index (κ2) is 4.42. The van der Waals surface area contributed by atoms with Gasteiger partial charge in [0.15, 0.2) is 17.3 Å². The Bertz CT molecular complexity index is 451. The van der Waals surface area contributed by atoms with Gasteiger partial charge in [-0.1, -0.05) is 6.07 Å². The van der Waals surface area contributed by atoms with Crippen LogP contribution in [0.4, 0.5) is 0 Å². The molecule has 0 amide bonds. The summed E-state index contributed by atoms with van der Waals surface area (Å²) in [5.41, 5.74) is 6.65. The van der Waals surface area contributed by atoms with Crippen LogP contribution >= 0.6 is 0 Å². The Morgan fingerprint density at radius 2 is 2.06 bits per heavy atom. The van der Waals surface area contributed by atoms with Gasteiger partial charge in [0, 0.05) is 6.54 Å². The topological polar surface area (TPSA) is 62.9 Å². The van der Waals surface area contributed by atoms with Crippen molar-refractivity contribution in [1.82, 2.24) is 0 Å². The Morgan fingerprint density at radius 3 is 2.78 bits per heavy atom. The number of hydrogen-bond acceptors (Lipinski definition) is 5. The van der Waals surface area contributed by atoms with Crippen molar-refractivity contribution in [3.8, 4) is 11.5 Å². The first-order chi connectivity index (χ1) is 8.70. The first-order valence-electron chi connectivity index (χ1n) is 6.11. The molecule has 98 valence electrons. The summed E-state index contributed by atoms with van der Waals surface area (Å²) < 4.78 is 22.5. The summed E-state index contributed by atoms with van der Waals surface area (Å²) >= 11 is 0. The lowest BCUT2D eigenvalue weighted by Gasteiger charge is -2.22. The molecule has 2 aliphatic heterocycles. The average Bonchev–Trinajstić information content (AvgIpc) is 2.82. The SMILES string of the molecule is CC1(CN)OCC(c2ccc3c(c2)OCCO3)O1. The molecule has 1 saturated heterocycles. The highest BCUT2D eigenvalue weighted by Crippen LogP contribution is 2.37. The molecule has 3 rings (SSSR count). The molecule has 5 heteroatoms. The van der Waals surface area contributed by atoms with E-state index < -0.39 is 5.79 Å². The smallest absolute Gasteiger partial charge is 0.178 e. The summed E-state index contributed by atoms with van der Waals surface area (Å²) in [5.74, 6) is 0.868. The standard InChI is InChI=1S/C13H17NO4/c1-13(8-14)17-7-12(18-13)9-2-3-10-11(6-9)16-5-4-15-10/h2-3,6,12H,4-5,7-8,14H2,1H3. The number of hydrogen-bond donors (Lipinski definition) is 1. The van der Waals surface area contributed by atoms with Crippen LogP contribution in [0.3, 0.4) is 0 Å². The minimum Gasteiger partial charge on any atom is -0.486 e. The third-order valence-corrected chi connectivity index (χ3v) is 3.24.